The van der Waals surface area contributed by atoms with Crippen LogP contribution in [0.25, 0.3) is 11.1 Å². The van der Waals surface area contributed by atoms with Gasteiger partial charge in [-0.3, -0.25) is 14.7 Å². The third-order valence-electron chi connectivity index (χ3n) is 2.94. The van der Waals surface area contributed by atoms with Crippen molar-refractivity contribution in [3.8, 4) is 11.1 Å². The van der Waals surface area contributed by atoms with Gasteiger partial charge in [-0.1, -0.05) is 54.2 Å². The number of hydrogen-bond acceptors (Lipinski definition) is 4. The van der Waals surface area contributed by atoms with Crippen LogP contribution in [-0.2, 0) is 9.36 Å². The lowest BCUT2D eigenvalue weighted by Crippen LogP contribution is -2.31. The molecule has 0 aromatic heterocycles. The molecule has 0 radical (unpaired) electrons. The minimum absolute atomic E-state index is 0.523. The highest BCUT2D eigenvalue weighted by Crippen LogP contribution is 2.47. The second-order valence-electron chi connectivity index (χ2n) is 4.72. The number of carboxylic acids is 1. The van der Waals surface area contributed by atoms with E-state index in [2.05, 4.69) is 5.32 Å². The first kappa shape index (κ1) is 17.7. The minimum atomic E-state index is -4.48. The molecule has 2 aromatic carbocycles. The van der Waals surface area contributed by atoms with Crippen molar-refractivity contribution < 1.29 is 24.3 Å². The van der Waals surface area contributed by atoms with E-state index < -0.39 is 25.2 Å². The summed E-state index contributed by atoms with van der Waals surface area (Å²) in [4.78, 5) is 29.8. The summed E-state index contributed by atoms with van der Waals surface area (Å²) < 4.78 is 11.5. The third-order valence-corrected chi connectivity index (χ3v) is 5.81. The van der Waals surface area contributed by atoms with E-state index in [0.29, 0.717) is 4.90 Å². The van der Waals surface area contributed by atoms with Gasteiger partial charge in [-0.15, -0.1) is 0 Å². The summed E-state index contributed by atoms with van der Waals surface area (Å²) >= 11 is 0.904. The van der Waals surface area contributed by atoms with Gasteiger partial charge in [-0.05, 0) is 23.3 Å². The average Bonchev–Trinajstić information content (AvgIpc) is 2.51. The molecule has 0 aliphatic heterocycles. The molecule has 8 heteroatoms. The molecule has 0 saturated heterocycles. The maximum Gasteiger partial charge on any atom is 0.352 e. The molecule has 0 spiro atoms. The molecule has 23 heavy (non-hydrogen) atoms. The Balaban J connectivity index is 2.11. The van der Waals surface area contributed by atoms with E-state index in [1.807, 2.05) is 42.5 Å². The number of thioether (sulfide) groups is 1. The van der Waals surface area contributed by atoms with Gasteiger partial charge in [-0.25, -0.2) is 0 Å². The van der Waals surface area contributed by atoms with Gasteiger partial charge in [0.05, 0.1) is 6.54 Å². The summed E-state index contributed by atoms with van der Waals surface area (Å²) in [7, 11) is -4.48. The molecular formula is C15H16NO5PS. The maximum atomic E-state index is 11.5. The number of nitrogens with one attached hydrogen (secondary N) is 1. The van der Waals surface area contributed by atoms with Crippen molar-refractivity contribution in [3.05, 3.63) is 54.6 Å². The van der Waals surface area contributed by atoms with Crippen molar-refractivity contribution in [2.24, 2.45) is 0 Å². The first-order valence-corrected chi connectivity index (χ1v) is 9.25. The number of aliphatic carboxylic acids is 1. The monoisotopic (exact) mass is 353 g/mol. The van der Waals surface area contributed by atoms with Gasteiger partial charge in [0.25, 0.3) is 0 Å². The van der Waals surface area contributed by atoms with Crippen molar-refractivity contribution in [2.45, 2.75) is 10.0 Å². The molecule has 0 aliphatic carbocycles. The lowest BCUT2D eigenvalue weighted by molar-refractivity contribution is -0.135. The van der Waals surface area contributed by atoms with Crippen LogP contribution in [0, 0.1) is 0 Å². The molecule has 6 nitrogen and oxygen atoms in total. The number of benzene rings is 2. The molecule has 4 N–H and O–H groups in total. The van der Waals surface area contributed by atoms with Crippen LogP contribution in [0.1, 0.15) is 0 Å². The Morgan fingerprint density at radius 2 is 1.61 bits per heavy atom. The highest BCUT2D eigenvalue weighted by atomic mass is 32.2. The van der Waals surface area contributed by atoms with E-state index in [-0.39, 0.29) is 0 Å². The van der Waals surface area contributed by atoms with Crippen molar-refractivity contribution in [3.63, 3.8) is 0 Å². The summed E-state index contributed by atoms with van der Waals surface area (Å²) in [5.41, 5.74) is 2.03. The summed E-state index contributed by atoms with van der Waals surface area (Å²) in [5.74, 6) is -1.18. The smallest absolute Gasteiger partial charge is 0.352 e. The van der Waals surface area contributed by atoms with Crippen LogP contribution in [0.15, 0.2) is 59.5 Å². The summed E-state index contributed by atoms with van der Waals surface area (Å²) in [6, 6.07) is 16.9. The fourth-order valence-electron chi connectivity index (χ4n) is 1.89. The Morgan fingerprint density at radius 3 is 2.13 bits per heavy atom. The van der Waals surface area contributed by atoms with Crippen LogP contribution in [0.2, 0.25) is 0 Å². The normalized spacial score (nSPS) is 12.8. The highest BCUT2D eigenvalue weighted by molar-refractivity contribution is 8.05. The van der Waals surface area contributed by atoms with Crippen molar-refractivity contribution >= 4 is 25.3 Å². The molecule has 1 atom stereocenters. The van der Waals surface area contributed by atoms with Gasteiger partial charge in [0, 0.05) is 4.90 Å². The quantitative estimate of drug-likeness (QED) is 0.344. The van der Waals surface area contributed by atoms with Crippen LogP contribution in [-0.4, -0.2) is 32.5 Å². The van der Waals surface area contributed by atoms with E-state index in [9.17, 15) is 19.1 Å². The van der Waals surface area contributed by atoms with Crippen LogP contribution in [0.5, 0.6) is 0 Å². The van der Waals surface area contributed by atoms with Gasteiger partial charge >= 0.3 is 13.6 Å². The summed E-state index contributed by atoms with van der Waals surface area (Å²) in [5, 5.41) is 9.68. The van der Waals surface area contributed by atoms with Gasteiger partial charge in [0.2, 0.25) is 0 Å². The van der Waals surface area contributed by atoms with Gasteiger partial charge in [0.15, 0.2) is 5.11 Å². The predicted octanol–water partition coefficient (Wildman–Crippen LogP) is 2.58. The Bertz CT molecular complexity index is 702. The Morgan fingerprint density at radius 1 is 1.04 bits per heavy atom. The average molecular weight is 353 g/mol. The van der Waals surface area contributed by atoms with E-state index in [4.69, 9.17) is 5.11 Å². The van der Waals surface area contributed by atoms with E-state index in [0.717, 1.165) is 22.9 Å². The van der Waals surface area contributed by atoms with Crippen molar-refractivity contribution in [1.29, 1.82) is 0 Å². The lowest BCUT2D eigenvalue weighted by Gasteiger charge is -2.18. The lowest BCUT2D eigenvalue weighted by atomic mass is 10.1. The van der Waals surface area contributed by atoms with E-state index in [1.54, 1.807) is 12.1 Å². The van der Waals surface area contributed by atoms with Gasteiger partial charge in [0.1, 0.15) is 0 Å². The molecule has 2 aromatic rings. The maximum absolute atomic E-state index is 11.5. The third kappa shape index (κ3) is 5.49. The zero-order valence-corrected chi connectivity index (χ0v) is 13.7. The Hall–Kier alpha value is -1.63. The molecule has 0 bridgehead atoms. The molecule has 0 aliphatic rings. The molecule has 0 amide bonds. The molecular weight excluding hydrogens is 337 g/mol. The molecule has 2 rings (SSSR count). The fraction of sp³-hybridized carbons (Fsp3) is 0.133. The van der Waals surface area contributed by atoms with E-state index in [1.165, 1.54) is 0 Å². The standard InChI is InChI=1S/C15H16NO5PS/c17-14(18)10-16-15(22(19,20)21)23-13-8-6-12(7-9-13)11-4-2-1-3-5-11/h1-9,15-16H,10H2,(H,17,18)(H2,19,20,21). The number of carboxylic acid groups (broad SMARTS) is 1. The number of hydrogen-bond donors (Lipinski definition) is 4. The topological polar surface area (TPSA) is 107 Å². The molecule has 122 valence electrons. The number of rotatable bonds is 7. The zero-order valence-electron chi connectivity index (χ0n) is 12.0. The molecule has 0 heterocycles. The SMILES string of the molecule is O=C(O)CNC(Sc1ccc(-c2ccccc2)cc1)P(=O)(O)O. The highest BCUT2D eigenvalue weighted by Gasteiger charge is 2.30. The first-order valence-electron chi connectivity index (χ1n) is 6.69. The van der Waals surface area contributed by atoms with Crippen molar-refractivity contribution in [2.75, 3.05) is 6.54 Å². The van der Waals surface area contributed by atoms with E-state index >= 15 is 0 Å². The second-order valence-corrected chi connectivity index (χ2v) is 7.95. The van der Waals surface area contributed by atoms with Crippen LogP contribution < -0.4 is 5.32 Å². The van der Waals surface area contributed by atoms with Crippen LogP contribution >= 0.6 is 19.4 Å². The van der Waals surface area contributed by atoms with Crippen molar-refractivity contribution in [1.82, 2.24) is 5.32 Å². The van der Waals surface area contributed by atoms with Crippen LogP contribution in [0.4, 0.5) is 0 Å². The molecule has 0 fully saturated rings. The van der Waals surface area contributed by atoms with Gasteiger partial charge in [-0.2, -0.15) is 0 Å². The second kappa shape index (κ2) is 7.77. The Labute approximate surface area is 137 Å². The molecule has 1 unspecified atom stereocenters. The van der Waals surface area contributed by atoms with Crippen LogP contribution in [0.3, 0.4) is 0 Å². The Kier molecular flexibility index (Phi) is 5.98. The summed E-state index contributed by atoms with van der Waals surface area (Å²) in [6.45, 7) is -0.523. The fourth-order valence-corrected chi connectivity index (χ4v) is 3.85. The largest absolute Gasteiger partial charge is 0.480 e. The first-order chi connectivity index (χ1) is 10.9. The minimum Gasteiger partial charge on any atom is -0.480 e. The predicted molar refractivity (Wildman–Crippen MR) is 89.2 cm³/mol. The van der Waals surface area contributed by atoms with Gasteiger partial charge < -0.3 is 14.9 Å². The summed E-state index contributed by atoms with van der Waals surface area (Å²) in [6.07, 6.45) is 0. The zero-order chi connectivity index (χ0) is 16.9. The molecule has 0 saturated carbocycles. The number of carbonyl (C=O) groups is 1.